The Balaban J connectivity index is 1.80. The van der Waals surface area contributed by atoms with Crippen molar-refractivity contribution in [3.05, 3.63) is 71.4 Å². The molecule has 0 spiro atoms. The number of halogens is 4. The quantitative estimate of drug-likeness (QED) is 0.239. The van der Waals surface area contributed by atoms with Crippen molar-refractivity contribution in [1.29, 1.82) is 5.26 Å². The van der Waals surface area contributed by atoms with Gasteiger partial charge in [-0.25, -0.2) is 9.97 Å². The summed E-state index contributed by atoms with van der Waals surface area (Å²) < 4.78 is 54.5. The molecule has 0 fully saturated rings. The van der Waals surface area contributed by atoms with Crippen LogP contribution < -0.4 is 4.74 Å². The van der Waals surface area contributed by atoms with Gasteiger partial charge in [-0.3, -0.25) is 0 Å². The van der Waals surface area contributed by atoms with Crippen molar-refractivity contribution in [3.8, 4) is 34.1 Å². The van der Waals surface area contributed by atoms with E-state index in [0.29, 0.717) is 22.9 Å². The zero-order valence-electron chi connectivity index (χ0n) is 15.3. The molecule has 1 heterocycles. The molecule has 0 atom stereocenters. The third-order valence-electron chi connectivity index (χ3n) is 3.82. The molecule has 0 aliphatic heterocycles. The first-order valence-corrected chi connectivity index (χ1v) is 9.14. The molecule has 0 saturated heterocycles. The number of nitriles is 1. The molecule has 1 aromatic heterocycles. The van der Waals surface area contributed by atoms with Crippen molar-refractivity contribution in [3.63, 3.8) is 0 Å². The van der Waals surface area contributed by atoms with Crippen LogP contribution in [0, 0.1) is 35.4 Å². The van der Waals surface area contributed by atoms with Gasteiger partial charge in [0.05, 0.1) is 6.20 Å². The highest BCUT2D eigenvalue weighted by Crippen LogP contribution is 2.27. The Morgan fingerprint density at radius 2 is 1.73 bits per heavy atom. The Bertz CT molecular complexity index is 1180. The summed E-state index contributed by atoms with van der Waals surface area (Å²) in [6.45, 7) is 1.81. The second-order valence-corrected chi connectivity index (χ2v) is 6.70. The van der Waals surface area contributed by atoms with Crippen LogP contribution in [0.3, 0.4) is 0 Å². The van der Waals surface area contributed by atoms with E-state index in [1.807, 2.05) is 13.0 Å². The van der Waals surface area contributed by atoms with Crippen LogP contribution in [0.15, 0.2) is 53.7 Å². The molecular formula is C21H11F4N3OS. The molecule has 150 valence electrons. The lowest BCUT2D eigenvalue weighted by Crippen LogP contribution is -2.16. The van der Waals surface area contributed by atoms with Gasteiger partial charge >= 0.3 is 6.36 Å². The van der Waals surface area contributed by atoms with Gasteiger partial charge in [-0.2, -0.15) is 9.65 Å². The lowest BCUT2D eigenvalue weighted by Gasteiger charge is -2.10. The van der Waals surface area contributed by atoms with Crippen LogP contribution in [0.1, 0.15) is 16.8 Å². The number of ether oxygens (including phenoxy) is 1. The molecule has 0 aliphatic carbocycles. The molecule has 3 rings (SSSR count). The maximum atomic E-state index is 13.9. The summed E-state index contributed by atoms with van der Waals surface area (Å²) in [6, 6.07) is 10.8. The van der Waals surface area contributed by atoms with Gasteiger partial charge in [-0.1, -0.05) is 30.2 Å². The van der Waals surface area contributed by atoms with Crippen molar-refractivity contribution in [1.82, 2.24) is 9.97 Å². The van der Waals surface area contributed by atoms with Gasteiger partial charge in [0, 0.05) is 17.3 Å². The monoisotopic (exact) mass is 429 g/mol. The summed E-state index contributed by atoms with van der Waals surface area (Å²) in [5, 5.41) is 10.5. The van der Waals surface area contributed by atoms with Crippen LogP contribution in [0.25, 0.3) is 11.1 Å². The number of hydrogen-bond acceptors (Lipinski definition) is 5. The molecule has 0 radical (unpaired) electrons. The normalized spacial score (nSPS) is 10.7. The third-order valence-corrected chi connectivity index (χ3v) is 4.32. The zero-order valence-corrected chi connectivity index (χ0v) is 16.1. The lowest BCUT2D eigenvalue weighted by atomic mass is 10.00. The number of alkyl halides is 3. The fraction of sp³-hybridized carbons (Fsp3) is 0.0952. The van der Waals surface area contributed by atoms with E-state index in [4.69, 9.17) is 5.26 Å². The Kier molecular flexibility index (Phi) is 6.24. The standard InChI is InChI=1S/C21H11F4N3OS/c1-13-10-16(15-4-7-17(8-5-15)29-21(23,24)25)3-2-14(13)6-9-18-20(22)28-19(11-27-18)30-12-26/h2-5,7-8,10-11H,1H3. The van der Waals surface area contributed by atoms with Crippen LogP contribution >= 0.6 is 11.8 Å². The van der Waals surface area contributed by atoms with Crippen LogP contribution in [-0.2, 0) is 0 Å². The molecule has 0 unspecified atom stereocenters. The lowest BCUT2D eigenvalue weighted by molar-refractivity contribution is -0.274. The number of thioether (sulfide) groups is 1. The van der Waals surface area contributed by atoms with E-state index in [1.165, 1.54) is 30.5 Å². The Morgan fingerprint density at radius 3 is 2.33 bits per heavy atom. The van der Waals surface area contributed by atoms with Gasteiger partial charge in [0.1, 0.15) is 16.2 Å². The minimum Gasteiger partial charge on any atom is -0.406 e. The van der Waals surface area contributed by atoms with Crippen molar-refractivity contribution in [2.75, 3.05) is 0 Å². The minimum absolute atomic E-state index is 0.138. The molecule has 3 aromatic rings. The number of thiocyanates is 1. The Hall–Kier alpha value is -3.56. The van der Waals surface area contributed by atoms with E-state index in [-0.39, 0.29) is 16.5 Å². The largest absolute Gasteiger partial charge is 0.573 e. The fourth-order valence-corrected chi connectivity index (χ4v) is 2.82. The van der Waals surface area contributed by atoms with Crippen LogP contribution in [-0.4, -0.2) is 16.3 Å². The molecular weight excluding hydrogens is 418 g/mol. The van der Waals surface area contributed by atoms with E-state index in [2.05, 4.69) is 26.5 Å². The minimum atomic E-state index is -4.74. The van der Waals surface area contributed by atoms with E-state index in [1.54, 1.807) is 17.5 Å². The van der Waals surface area contributed by atoms with Gasteiger partial charge in [0.2, 0.25) is 5.95 Å². The second-order valence-electron chi connectivity index (χ2n) is 5.89. The van der Waals surface area contributed by atoms with E-state index in [0.717, 1.165) is 11.1 Å². The number of nitrogens with zero attached hydrogens (tertiary/aromatic N) is 3. The maximum Gasteiger partial charge on any atom is 0.573 e. The summed E-state index contributed by atoms with van der Waals surface area (Å²) >= 11 is 0.698. The maximum absolute atomic E-state index is 13.9. The Morgan fingerprint density at radius 1 is 1.03 bits per heavy atom. The summed E-state index contributed by atoms with van der Waals surface area (Å²) in [6.07, 6.45) is -3.47. The number of benzene rings is 2. The average Bonchev–Trinajstić information content (AvgIpc) is 2.68. The van der Waals surface area contributed by atoms with Gasteiger partial charge in [-0.05, 0) is 47.7 Å². The van der Waals surface area contributed by atoms with E-state index >= 15 is 0 Å². The average molecular weight is 429 g/mol. The molecule has 4 nitrogen and oxygen atoms in total. The smallest absolute Gasteiger partial charge is 0.406 e. The van der Waals surface area contributed by atoms with Gasteiger partial charge in [0.25, 0.3) is 0 Å². The van der Waals surface area contributed by atoms with Crippen LogP contribution in [0.4, 0.5) is 17.6 Å². The highest BCUT2D eigenvalue weighted by atomic mass is 32.2. The number of hydrogen-bond donors (Lipinski definition) is 0. The predicted octanol–water partition coefficient (Wildman–Crippen LogP) is 5.46. The highest BCUT2D eigenvalue weighted by molar-refractivity contribution is 8.03. The van der Waals surface area contributed by atoms with Crippen molar-refractivity contribution in [2.24, 2.45) is 0 Å². The number of aryl methyl sites for hydroxylation is 1. The molecule has 0 N–H and O–H groups in total. The molecule has 30 heavy (non-hydrogen) atoms. The molecule has 0 aliphatic rings. The number of rotatable bonds is 3. The van der Waals surface area contributed by atoms with Gasteiger partial charge < -0.3 is 4.74 Å². The van der Waals surface area contributed by atoms with Crippen molar-refractivity contribution >= 4 is 11.8 Å². The van der Waals surface area contributed by atoms with Crippen LogP contribution in [0.5, 0.6) is 5.75 Å². The zero-order chi connectivity index (χ0) is 21.7. The summed E-state index contributed by atoms with van der Waals surface area (Å²) in [7, 11) is 0. The summed E-state index contributed by atoms with van der Waals surface area (Å²) in [5.74, 6) is 4.28. The first kappa shape index (κ1) is 21.2. The van der Waals surface area contributed by atoms with Gasteiger partial charge in [-0.15, -0.1) is 13.2 Å². The highest BCUT2D eigenvalue weighted by Gasteiger charge is 2.30. The van der Waals surface area contributed by atoms with Crippen molar-refractivity contribution in [2.45, 2.75) is 18.3 Å². The topological polar surface area (TPSA) is 58.8 Å². The summed E-state index contributed by atoms with van der Waals surface area (Å²) in [5.41, 5.74) is 2.77. The molecule has 9 heteroatoms. The molecule has 0 saturated carbocycles. The fourth-order valence-electron chi connectivity index (χ4n) is 2.49. The third kappa shape index (κ3) is 5.49. The van der Waals surface area contributed by atoms with E-state index < -0.39 is 12.3 Å². The molecule has 0 bridgehead atoms. The van der Waals surface area contributed by atoms with E-state index in [9.17, 15) is 17.6 Å². The van der Waals surface area contributed by atoms with Crippen molar-refractivity contribution < 1.29 is 22.3 Å². The predicted molar refractivity (Wildman–Crippen MR) is 103 cm³/mol. The molecule has 0 amide bonds. The summed E-state index contributed by atoms with van der Waals surface area (Å²) in [4.78, 5) is 7.47. The first-order chi connectivity index (χ1) is 14.2. The van der Waals surface area contributed by atoms with Crippen LogP contribution in [0.2, 0.25) is 0 Å². The second kappa shape index (κ2) is 8.85. The number of aromatic nitrogens is 2. The first-order valence-electron chi connectivity index (χ1n) is 8.32. The molecule has 2 aromatic carbocycles. The Labute approximate surface area is 173 Å². The SMILES string of the molecule is Cc1cc(-c2ccc(OC(F)(F)F)cc2)ccc1C#Cc1ncc(SC#N)nc1F. The van der Waals surface area contributed by atoms with Gasteiger partial charge in [0.15, 0.2) is 5.69 Å².